The van der Waals surface area contributed by atoms with E-state index in [1.807, 2.05) is 84.5 Å². The summed E-state index contributed by atoms with van der Waals surface area (Å²) in [6.07, 6.45) is 5.11. The number of benzene rings is 4. The van der Waals surface area contributed by atoms with Crippen molar-refractivity contribution in [3.63, 3.8) is 0 Å². The molecule has 13 heteroatoms. The molecule has 0 radical (unpaired) electrons. The van der Waals surface area contributed by atoms with Gasteiger partial charge < -0.3 is 29.0 Å². The summed E-state index contributed by atoms with van der Waals surface area (Å²) in [5.74, 6) is 1.43. The molecule has 55 heavy (non-hydrogen) atoms. The van der Waals surface area contributed by atoms with Gasteiger partial charge in [-0.05, 0) is 88.8 Å². The smallest absolute Gasteiger partial charge is 0.412 e. The van der Waals surface area contributed by atoms with E-state index < -0.39 is 22.2 Å². The Morgan fingerprint density at radius 3 is 2.31 bits per heavy atom. The van der Waals surface area contributed by atoms with Gasteiger partial charge in [0.15, 0.2) is 0 Å². The number of amides is 1. The summed E-state index contributed by atoms with van der Waals surface area (Å²) in [7, 11) is 1.04. The third kappa shape index (κ3) is 8.64. The Kier molecular flexibility index (Phi) is 11.1. The Morgan fingerprint density at radius 1 is 0.855 bits per heavy atom. The van der Waals surface area contributed by atoms with Crippen molar-refractivity contribution in [1.82, 2.24) is 24.2 Å². The molecule has 1 N–H and O–H groups in total. The van der Waals surface area contributed by atoms with Crippen LogP contribution in [0, 0.1) is 0 Å². The molecule has 6 aromatic rings. The van der Waals surface area contributed by atoms with E-state index in [-0.39, 0.29) is 11.4 Å². The van der Waals surface area contributed by atoms with Gasteiger partial charge in [0.05, 0.1) is 37.7 Å². The molecule has 7 rings (SSSR count). The van der Waals surface area contributed by atoms with E-state index >= 15 is 0 Å². The quantitative estimate of drug-likeness (QED) is 0.147. The van der Waals surface area contributed by atoms with Gasteiger partial charge in [-0.1, -0.05) is 48.5 Å². The number of fused-ring (bicyclic) bond motifs is 1. The predicted molar refractivity (Wildman–Crippen MR) is 209 cm³/mol. The van der Waals surface area contributed by atoms with Crippen molar-refractivity contribution in [3.05, 3.63) is 150 Å². The summed E-state index contributed by atoms with van der Waals surface area (Å²) in [5.41, 5.74) is 6.40. The minimum absolute atomic E-state index is 0.120. The lowest BCUT2D eigenvalue weighted by molar-refractivity contribution is 0.200. The zero-order valence-corrected chi connectivity index (χ0v) is 31.6. The number of hydrogen-bond donors (Lipinski definition) is 1. The highest BCUT2D eigenvalue weighted by molar-refractivity contribution is 7.89. The second kappa shape index (κ2) is 16.5. The molecule has 0 saturated heterocycles. The van der Waals surface area contributed by atoms with Crippen molar-refractivity contribution < 1.29 is 27.4 Å². The lowest BCUT2D eigenvalue weighted by Gasteiger charge is -2.32. The van der Waals surface area contributed by atoms with Gasteiger partial charge in [0.25, 0.3) is 0 Å². The van der Waals surface area contributed by atoms with Gasteiger partial charge in [-0.3, -0.25) is 0 Å². The topological polar surface area (TPSA) is 128 Å². The summed E-state index contributed by atoms with van der Waals surface area (Å²) in [6.45, 7) is 1.35. The maximum Gasteiger partial charge on any atom is 0.412 e. The van der Waals surface area contributed by atoms with Crippen LogP contribution in [0.15, 0.2) is 133 Å². The van der Waals surface area contributed by atoms with Gasteiger partial charge in [0.2, 0.25) is 15.9 Å². The second-order valence-electron chi connectivity index (χ2n) is 13.3. The van der Waals surface area contributed by atoms with Crippen LogP contribution in [0.4, 0.5) is 10.5 Å². The Morgan fingerprint density at radius 2 is 1.60 bits per heavy atom. The molecule has 1 aliphatic rings. The molecule has 0 aliphatic carbocycles. The first kappa shape index (κ1) is 37.1. The van der Waals surface area contributed by atoms with E-state index in [0.717, 1.165) is 39.2 Å². The van der Waals surface area contributed by atoms with E-state index in [1.54, 1.807) is 67.4 Å². The van der Waals surface area contributed by atoms with Crippen LogP contribution in [-0.2, 0) is 43.1 Å². The number of carbonyl (C=O) groups is 1. The van der Waals surface area contributed by atoms with Crippen molar-refractivity contribution in [2.75, 3.05) is 25.7 Å². The molecule has 282 valence electrons. The fourth-order valence-corrected chi connectivity index (χ4v) is 8.33. The number of anilines is 1. The standard InChI is InChI=1S/C42H42N6O6S/c1-46-29-43-25-36(46)28-47-27-35(21-30-9-12-38(13-10-30)54-42(49)45-24-31-7-5-4-6-8-31)48(55(50,51)39-16-14-37(52-2)15-17-39)26-34-22-32(11-18-40(34)47)33-19-20-44-41(23-33)53-3/h4-20,22-23,25,29,35H,21,24,26-28H2,1-3H3,(H,45,49)/t35-/m1/s1. The van der Waals surface area contributed by atoms with Crippen LogP contribution in [0.2, 0.25) is 0 Å². The van der Waals surface area contributed by atoms with E-state index in [4.69, 9.17) is 14.2 Å². The van der Waals surface area contributed by atoms with Crippen molar-refractivity contribution >= 4 is 21.8 Å². The summed E-state index contributed by atoms with van der Waals surface area (Å²) >= 11 is 0. The SMILES string of the molecule is COc1ccc(S(=O)(=O)N2Cc3cc(-c4ccnc(OC)c4)ccc3N(Cc3cncn3C)C[C@H]2Cc2ccc(OC(=O)NCc3ccccc3)cc2)cc1. The van der Waals surface area contributed by atoms with Gasteiger partial charge in [-0.2, -0.15) is 4.31 Å². The molecule has 0 bridgehead atoms. The van der Waals surface area contributed by atoms with Crippen LogP contribution >= 0.6 is 0 Å². The number of ether oxygens (including phenoxy) is 3. The molecular formula is C42H42N6O6S. The number of nitrogens with one attached hydrogen (secondary N) is 1. The van der Waals surface area contributed by atoms with E-state index in [2.05, 4.69) is 26.3 Å². The highest BCUT2D eigenvalue weighted by Crippen LogP contribution is 2.36. The number of pyridine rings is 1. The molecule has 0 spiro atoms. The highest BCUT2D eigenvalue weighted by Gasteiger charge is 2.37. The van der Waals surface area contributed by atoms with Crippen LogP contribution in [0.1, 0.15) is 22.4 Å². The van der Waals surface area contributed by atoms with Crippen LogP contribution in [0.3, 0.4) is 0 Å². The lowest BCUT2D eigenvalue weighted by atomic mass is 10.0. The van der Waals surface area contributed by atoms with Gasteiger partial charge in [-0.15, -0.1) is 0 Å². The molecule has 1 atom stereocenters. The number of hydrogen-bond acceptors (Lipinski definition) is 9. The zero-order chi connectivity index (χ0) is 38.4. The number of nitrogens with zero attached hydrogens (tertiary/aromatic N) is 5. The molecule has 0 fully saturated rings. The molecule has 1 aliphatic heterocycles. The molecular weight excluding hydrogens is 717 g/mol. The summed E-state index contributed by atoms with van der Waals surface area (Å²) in [4.78, 5) is 23.6. The summed E-state index contributed by atoms with van der Waals surface area (Å²) in [5, 5.41) is 2.77. The Bertz CT molecular complexity index is 2350. The number of carbonyl (C=O) groups excluding carboxylic acids is 1. The number of methoxy groups -OCH3 is 2. The second-order valence-corrected chi connectivity index (χ2v) is 15.2. The molecule has 2 aromatic heterocycles. The first-order valence-electron chi connectivity index (χ1n) is 17.8. The molecule has 12 nitrogen and oxygen atoms in total. The number of imidazole rings is 1. The van der Waals surface area contributed by atoms with E-state index in [1.165, 1.54) is 0 Å². The highest BCUT2D eigenvalue weighted by atomic mass is 32.2. The van der Waals surface area contributed by atoms with Gasteiger partial charge in [-0.25, -0.2) is 23.2 Å². The van der Waals surface area contributed by atoms with Crippen molar-refractivity contribution in [2.24, 2.45) is 7.05 Å². The fourth-order valence-electron chi connectivity index (χ4n) is 6.73. The Hall–Kier alpha value is -6.18. The molecule has 3 heterocycles. The maximum atomic E-state index is 14.8. The van der Waals surface area contributed by atoms with Crippen LogP contribution in [0.5, 0.6) is 17.4 Å². The predicted octanol–water partition coefficient (Wildman–Crippen LogP) is 6.61. The van der Waals surface area contributed by atoms with Crippen LogP contribution in [-0.4, -0.2) is 60.2 Å². The third-order valence-corrected chi connectivity index (χ3v) is 11.6. The molecule has 0 unspecified atom stereocenters. The number of aromatic nitrogens is 3. The first-order valence-corrected chi connectivity index (χ1v) is 19.2. The third-order valence-electron chi connectivity index (χ3n) is 9.68. The van der Waals surface area contributed by atoms with Crippen molar-refractivity contribution in [2.45, 2.75) is 37.0 Å². The van der Waals surface area contributed by atoms with Crippen LogP contribution in [0.25, 0.3) is 11.1 Å². The number of sulfonamides is 1. The maximum absolute atomic E-state index is 14.8. The average molecular weight is 759 g/mol. The summed E-state index contributed by atoms with van der Waals surface area (Å²) in [6, 6.07) is 32.7. The van der Waals surface area contributed by atoms with E-state index in [0.29, 0.717) is 43.4 Å². The Balaban J connectivity index is 1.23. The zero-order valence-electron chi connectivity index (χ0n) is 30.8. The van der Waals surface area contributed by atoms with Gasteiger partial charge >= 0.3 is 6.09 Å². The van der Waals surface area contributed by atoms with Gasteiger partial charge in [0.1, 0.15) is 11.5 Å². The lowest BCUT2D eigenvalue weighted by Crippen LogP contribution is -2.45. The Labute approximate surface area is 321 Å². The molecule has 4 aromatic carbocycles. The minimum Gasteiger partial charge on any atom is -0.497 e. The monoisotopic (exact) mass is 758 g/mol. The van der Waals surface area contributed by atoms with Crippen LogP contribution < -0.4 is 24.4 Å². The van der Waals surface area contributed by atoms with Crippen molar-refractivity contribution in [3.8, 4) is 28.5 Å². The normalized spacial score (nSPS) is 14.5. The first-order chi connectivity index (χ1) is 26.7. The van der Waals surface area contributed by atoms with E-state index in [9.17, 15) is 13.2 Å². The fraction of sp³-hybridized carbons (Fsp3) is 0.214. The largest absolute Gasteiger partial charge is 0.497 e. The number of rotatable bonds is 12. The number of aryl methyl sites for hydroxylation is 1. The molecule has 0 saturated carbocycles. The summed E-state index contributed by atoms with van der Waals surface area (Å²) < 4.78 is 49.4. The van der Waals surface area contributed by atoms with Gasteiger partial charge in [0, 0.05) is 56.9 Å². The average Bonchev–Trinajstić information content (AvgIpc) is 3.55. The minimum atomic E-state index is -4.03. The molecule has 1 amide bonds. The van der Waals surface area contributed by atoms with Crippen molar-refractivity contribution in [1.29, 1.82) is 0 Å².